The van der Waals surface area contributed by atoms with Crippen LogP contribution in [0.1, 0.15) is 12.5 Å². The molecule has 86 valence electrons. The summed E-state index contributed by atoms with van der Waals surface area (Å²) in [7, 11) is 2.14. The molecular formula is C10H16Br2N2S. The zero-order valence-electron chi connectivity index (χ0n) is 9.02. The normalized spacial score (nSPS) is 11.3. The van der Waals surface area contributed by atoms with Crippen LogP contribution in [-0.4, -0.2) is 31.6 Å². The second-order valence-corrected chi connectivity index (χ2v) is 7.17. The maximum Gasteiger partial charge on any atom is 0.0755 e. The van der Waals surface area contributed by atoms with Gasteiger partial charge in [-0.25, -0.2) is 0 Å². The lowest BCUT2D eigenvalue weighted by molar-refractivity contribution is 0.349. The molecule has 0 bridgehead atoms. The third kappa shape index (κ3) is 4.95. The molecule has 15 heavy (non-hydrogen) atoms. The molecule has 0 spiro atoms. The Hall–Kier alpha value is 0.580. The zero-order valence-corrected chi connectivity index (χ0v) is 13.0. The van der Waals surface area contributed by atoms with Crippen molar-refractivity contribution < 1.29 is 0 Å². The van der Waals surface area contributed by atoms with E-state index in [9.17, 15) is 0 Å². The van der Waals surface area contributed by atoms with E-state index in [2.05, 4.69) is 62.1 Å². The lowest BCUT2D eigenvalue weighted by Crippen LogP contribution is -2.28. The SMILES string of the molecule is CCN(C)CCNCc1cc(Br)sc1Br. The Morgan fingerprint density at radius 3 is 2.73 bits per heavy atom. The molecule has 1 aromatic rings. The van der Waals surface area contributed by atoms with Crippen LogP contribution < -0.4 is 5.32 Å². The highest BCUT2D eigenvalue weighted by molar-refractivity contribution is 9.12. The maximum atomic E-state index is 3.55. The molecular weight excluding hydrogens is 340 g/mol. The summed E-state index contributed by atoms with van der Waals surface area (Å²) in [5, 5.41) is 3.44. The summed E-state index contributed by atoms with van der Waals surface area (Å²) in [6.07, 6.45) is 0. The van der Waals surface area contributed by atoms with E-state index < -0.39 is 0 Å². The van der Waals surface area contributed by atoms with Gasteiger partial charge in [0, 0.05) is 19.6 Å². The fourth-order valence-corrected chi connectivity index (χ4v) is 3.97. The summed E-state index contributed by atoms with van der Waals surface area (Å²) < 4.78 is 2.39. The maximum absolute atomic E-state index is 3.55. The summed E-state index contributed by atoms with van der Waals surface area (Å²) in [5.41, 5.74) is 1.33. The fourth-order valence-electron chi connectivity index (χ4n) is 1.15. The Balaban J connectivity index is 2.23. The van der Waals surface area contributed by atoms with Gasteiger partial charge in [-0.15, -0.1) is 11.3 Å². The summed E-state index contributed by atoms with van der Waals surface area (Å²) >= 11 is 8.75. The van der Waals surface area contributed by atoms with E-state index in [-0.39, 0.29) is 0 Å². The third-order valence-corrected chi connectivity index (χ3v) is 4.72. The van der Waals surface area contributed by atoms with Crippen molar-refractivity contribution in [3.8, 4) is 0 Å². The van der Waals surface area contributed by atoms with Crippen LogP contribution in [0.25, 0.3) is 0 Å². The van der Waals surface area contributed by atoms with Crippen molar-refractivity contribution in [3.05, 3.63) is 19.2 Å². The topological polar surface area (TPSA) is 15.3 Å². The molecule has 5 heteroatoms. The number of rotatable bonds is 6. The van der Waals surface area contributed by atoms with Crippen molar-refractivity contribution in [2.75, 3.05) is 26.7 Å². The molecule has 0 radical (unpaired) electrons. The van der Waals surface area contributed by atoms with Gasteiger partial charge in [0.15, 0.2) is 0 Å². The van der Waals surface area contributed by atoms with E-state index in [1.54, 1.807) is 11.3 Å². The minimum Gasteiger partial charge on any atom is -0.311 e. The van der Waals surface area contributed by atoms with E-state index in [1.165, 1.54) is 13.1 Å². The van der Waals surface area contributed by atoms with E-state index in [0.29, 0.717) is 0 Å². The van der Waals surface area contributed by atoms with Crippen LogP contribution in [0.3, 0.4) is 0 Å². The Bertz CT molecular complexity index is 302. The number of likely N-dealkylation sites (N-methyl/N-ethyl adjacent to an activating group) is 1. The number of hydrogen-bond acceptors (Lipinski definition) is 3. The van der Waals surface area contributed by atoms with Gasteiger partial charge in [-0.2, -0.15) is 0 Å². The highest BCUT2D eigenvalue weighted by atomic mass is 79.9. The van der Waals surface area contributed by atoms with E-state index in [4.69, 9.17) is 0 Å². The number of halogens is 2. The Kier molecular flexibility index (Phi) is 6.38. The second kappa shape index (κ2) is 7.01. The zero-order chi connectivity index (χ0) is 11.3. The molecule has 0 aliphatic rings. The monoisotopic (exact) mass is 354 g/mol. The average Bonchev–Trinajstić information content (AvgIpc) is 2.52. The summed E-state index contributed by atoms with van der Waals surface area (Å²) in [6.45, 7) is 6.34. The van der Waals surface area contributed by atoms with Gasteiger partial charge >= 0.3 is 0 Å². The molecule has 1 heterocycles. The molecule has 1 N–H and O–H groups in total. The van der Waals surface area contributed by atoms with Gasteiger partial charge in [-0.3, -0.25) is 0 Å². The standard InChI is InChI=1S/C10H16Br2N2S/c1-3-14(2)5-4-13-7-8-6-9(11)15-10(8)12/h6,13H,3-5,7H2,1-2H3. The predicted molar refractivity (Wildman–Crippen MR) is 74.6 cm³/mol. The van der Waals surface area contributed by atoms with Gasteiger partial charge < -0.3 is 10.2 Å². The van der Waals surface area contributed by atoms with Crippen LogP contribution in [0.15, 0.2) is 13.6 Å². The van der Waals surface area contributed by atoms with Gasteiger partial charge in [-0.05, 0) is 57.1 Å². The fraction of sp³-hybridized carbons (Fsp3) is 0.600. The highest BCUT2D eigenvalue weighted by Crippen LogP contribution is 2.31. The molecule has 0 aromatic carbocycles. The van der Waals surface area contributed by atoms with E-state index in [1.807, 2.05) is 0 Å². The first-order valence-corrected chi connectivity index (χ1v) is 7.36. The smallest absolute Gasteiger partial charge is 0.0755 e. The predicted octanol–water partition coefficient (Wildman–Crippen LogP) is 3.31. The largest absolute Gasteiger partial charge is 0.311 e. The third-order valence-electron chi connectivity index (χ3n) is 2.25. The summed E-state index contributed by atoms with van der Waals surface area (Å²) in [4.78, 5) is 2.30. The minimum atomic E-state index is 0.931. The number of hydrogen-bond donors (Lipinski definition) is 1. The first-order valence-electron chi connectivity index (χ1n) is 4.96. The molecule has 0 saturated carbocycles. The Morgan fingerprint density at radius 2 is 2.20 bits per heavy atom. The first-order chi connectivity index (χ1) is 7.13. The molecule has 1 aromatic heterocycles. The van der Waals surface area contributed by atoms with Crippen molar-refractivity contribution in [3.63, 3.8) is 0 Å². The van der Waals surface area contributed by atoms with Crippen molar-refractivity contribution in [1.82, 2.24) is 10.2 Å². The molecule has 1 rings (SSSR count). The van der Waals surface area contributed by atoms with Crippen LogP contribution in [0.4, 0.5) is 0 Å². The quantitative estimate of drug-likeness (QED) is 0.787. The van der Waals surface area contributed by atoms with Gasteiger partial charge in [0.1, 0.15) is 0 Å². The van der Waals surface area contributed by atoms with Crippen molar-refractivity contribution in [2.24, 2.45) is 0 Å². The molecule has 0 saturated heterocycles. The molecule has 0 aliphatic heterocycles. The lowest BCUT2D eigenvalue weighted by atomic mass is 10.3. The molecule has 0 atom stereocenters. The number of nitrogens with one attached hydrogen (secondary N) is 1. The van der Waals surface area contributed by atoms with Crippen LogP contribution >= 0.6 is 43.2 Å². The average molecular weight is 356 g/mol. The van der Waals surface area contributed by atoms with Gasteiger partial charge in [0.2, 0.25) is 0 Å². The Morgan fingerprint density at radius 1 is 1.47 bits per heavy atom. The van der Waals surface area contributed by atoms with Gasteiger partial charge in [0.25, 0.3) is 0 Å². The van der Waals surface area contributed by atoms with E-state index >= 15 is 0 Å². The van der Waals surface area contributed by atoms with Crippen molar-refractivity contribution in [1.29, 1.82) is 0 Å². The highest BCUT2D eigenvalue weighted by Gasteiger charge is 2.04. The van der Waals surface area contributed by atoms with Crippen molar-refractivity contribution >= 4 is 43.2 Å². The summed E-state index contributed by atoms with van der Waals surface area (Å²) in [5.74, 6) is 0. The molecule has 2 nitrogen and oxygen atoms in total. The van der Waals surface area contributed by atoms with Gasteiger partial charge in [0.05, 0.1) is 7.57 Å². The number of thiophene rings is 1. The number of nitrogens with zero attached hydrogens (tertiary/aromatic N) is 1. The van der Waals surface area contributed by atoms with Crippen LogP contribution in [0, 0.1) is 0 Å². The van der Waals surface area contributed by atoms with Crippen LogP contribution in [0.5, 0.6) is 0 Å². The second-order valence-electron chi connectivity index (χ2n) is 3.42. The minimum absolute atomic E-state index is 0.931. The van der Waals surface area contributed by atoms with Crippen LogP contribution in [-0.2, 0) is 6.54 Å². The van der Waals surface area contributed by atoms with Crippen LogP contribution in [0.2, 0.25) is 0 Å². The molecule has 0 fully saturated rings. The lowest BCUT2D eigenvalue weighted by Gasteiger charge is -2.13. The van der Waals surface area contributed by atoms with Gasteiger partial charge in [-0.1, -0.05) is 6.92 Å². The van der Waals surface area contributed by atoms with Crippen molar-refractivity contribution in [2.45, 2.75) is 13.5 Å². The molecule has 0 amide bonds. The Labute approximate surface area is 112 Å². The molecule has 0 unspecified atom stereocenters. The first kappa shape index (κ1) is 13.6. The molecule has 0 aliphatic carbocycles. The van der Waals surface area contributed by atoms with E-state index in [0.717, 1.165) is 26.2 Å². The summed E-state index contributed by atoms with van der Waals surface area (Å²) in [6, 6.07) is 2.16.